The maximum atomic E-state index is 12.2. The lowest BCUT2D eigenvalue weighted by Gasteiger charge is -2.05. The predicted octanol–water partition coefficient (Wildman–Crippen LogP) is 3.73. The zero-order valence-electron chi connectivity index (χ0n) is 12.3. The molecule has 2 aromatic carbocycles. The van der Waals surface area contributed by atoms with Crippen LogP contribution in [0.1, 0.15) is 12.5 Å². The van der Waals surface area contributed by atoms with Crippen molar-refractivity contribution < 1.29 is 9.21 Å². The monoisotopic (exact) mass is 293 g/mol. The number of nitrogens with one attached hydrogen (secondary N) is 1. The third-order valence-corrected chi connectivity index (χ3v) is 3.42. The largest absolute Gasteiger partial charge is 0.422 e. The number of hydrogen-bond donors (Lipinski definition) is 1. The molecule has 0 saturated heterocycles. The van der Waals surface area contributed by atoms with Gasteiger partial charge in [-0.2, -0.15) is 0 Å². The maximum absolute atomic E-state index is 12.2. The Morgan fingerprint density at radius 3 is 2.45 bits per heavy atom. The molecular formula is C18H15NO3. The number of anilines is 1. The predicted molar refractivity (Wildman–Crippen MR) is 87.0 cm³/mol. The lowest BCUT2D eigenvalue weighted by Crippen LogP contribution is -2.06. The van der Waals surface area contributed by atoms with Crippen LogP contribution in [0.4, 0.5) is 5.69 Å². The van der Waals surface area contributed by atoms with Gasteiger partial charge in [0, 0.05) is 24.1 Å². The molecule has 0 radical (unpaired) electrons. The van der Waals surface area contributed by atoms with Gasteiger partial charge in [-0.05, 0) is 30.7 Å². The quantitative estimate of drug-likeness (QED) is 0.732. The molecule has 0 spiro atoms. The minimum atomic E-state index is -0.392. The van der Waals surface area contributed by atoms with Crippen molar-refractivity contribution >= 4 is 22.6 Å². The van der Waals surface area contributed by atoms with Crippen molar-refractivity contribution in [3.05, 3.63) is 64.5 Å². The van der Waals surface area contributed by atoms with Gasteiger partial charge in [-0.3, -0.25) is 4.79 Å². The van der Waals surface area contributed by atoms with Crippen LogP contribution in [0.5, 0.6) is 0 Å². The SMILES string of the molecule is CC(=O)Nc1ccc2cc(-c3ccc(C)cc3)c(=O)oc2c1. The Hall–Kier alpha value is -2.88. The van der Waals surface area contributed by atoms with Gasteiger partial charge in [-0.15, -0.1) is 0 Å². The number of rotatable bonds is 2. The summed E-state index contributed by atoms with van der Waals surface area (Å²) in [7, 11) is 0. The standard InChI is InChI=1S/C18H15NO3/c1-11-3-5-13(6-4-11)16-9-14-7-8-15(19-12(2)20)10-17(14)22-18(16)21/h3-10H,1-2H3,(H,19,20). The molecule has 4 nitrogen and oxygen atoms in total. The normalized spacial score (nSPS) is 10.6. The molecule has 110 valence electrons. The van der Waals surface area contributed by atoms with Crippen molar-refractivity contribution in [1.29, 1.82) is 0 Å². The van der Waals surface area contributed by atoms with E-state index in [0.29, 0.717) is 16.8 Å². The molecule has 4 heteroatoms. The number of carbonyl (C=O) groups is 1. The van der Waals surface area contributed by atoms with E-state index in [1.807, 2.05) is 43.3 Å². The fourth-order valence-corrected chi connectivity index (χ4v) is 2.33. The molecule has 1 amide bonds. The van der Waals surface area contributed by atoms with Gasteiger partial charge in [-0.25, -0.2) is 4.79 Å². The Labute approximate surface area is 127 Å². The lowest BCUT2D eigenvalue weighted by molar-refractivity contribution is -0.114. The summed E-state index contributed by atoms with van der Waals surface area (Å²) in [5.41, 5.74) is 3.15. The highest BCUT2D eigenvalue weighted by Crippen LogP contribution is 2.23. The molecule has 1 heterocycles. The van der Waals surface area contributed by atoms with Gasteiger partial charge in [0.1, 0.15) is 5.58 Å². The highest BCUT2D eigenvalue weighted by atomic mass is 16.4. The lowest BCUT2D eigenvalue weighted by atomic mass is 10.0. The topological polar surface area (TPSA) is 59.3 Å². The average Bonchev–Trinajstić information content (AvgIpc) is 2.47. The Morgan fingerprint density at radius 2 is 1.77 bits per heavy atom. The van der Waals surface area contributed by atoms with Crippen molar-refractivity contribution in [3.63, 3.8) is 0 Å². The summed E-state index contributed by atoms with van der Waals surface area (Å²) in [6.07, 6.45) is 0. The van der Waals surface area contributed by atoms with E-state index in [1.165, 1.54) is 6.92 Å². The first-order valence-corrected chi connectivity index (χ1v) is 6.95. The van der Waals surface area contributed by atoms with Gasteiger partial charge < -0.3 is 9.73 Å². The summed E-state index contributed by atoms with van der Waals surface area (Å²) in [5.74, 6) is -0.169. The Balaban J connectivity index is 2.11. The fraction of sp³-hybridized carbons (Fsp3) is 0.111. The highest BCUT2D eigenvalue weighted by molar-refractivity contribution is 5.92. The Bertz CT molecular complexity index is 908. The molecule has 22 heavy (non-hydrogen) atoms. The summed E-state index contributed by atoms with van der Waals surface area (Å²) in [5, 5.41) is 3.48. The smallest absolute Gasteiger partial charge is 0.344 e. The molecule has 0 aliphatic heterocycles. The number of carbonyl (C=O) groups excluding carboxylic acids is 1. The molecule has 0 saturated carbocycles. The Kier molecular flexibility index (Phi) is 3.51. The van der Waals surface area contributed by atoms with Gasteiger partial charge in [-0.1, -0.05) is 29.8 Å². The van der Waals surface area contributed by atoms with Crippen molar-refractivity contribution in [2.45, 2.75) is 13.8 Å². The summed E-state index contributed by atoms with van der Waals surface area (Å²) in [4.78, 5) is 23.3. The summed E-state index contributed by atoms with van der Waals surface area (Å²) in [6, 6.07) is 14.8. The second kappa shape index (κ2) is 5.48. The van der Waals surface area contributed by atoms with Crippen LogP contribution >= 0.6 is 0 Å². The Morgan fingerprint density at radius 1 is 1.05 bits per heavy atom. The number of amides is 1. The molecule has 3 rings (SSSR count). The van der Waals surface area contributed by atoms with Crippen LogP contribution < -0.4 is 10.9 Å². The van der Waals surface area contributed by atoms with Crippen molar-refractivity contribution in [3.8, 4) is 11.1 Å². The van der Waals surface area contributed by atoms with E-state index in [0.717, 1.165) is 16.5 Å². The minimum Gasteiger partial charge on any atom is -0.422 e. The first-order chi connectivity index (χ1) is 10.5. The van der Waals surface area contributed by atoms with Crippen molar-refractivity contribution in [2.75, 3.05) is 5.32 Å². The van der Waals surface area contributed by atoms with Crippen LogP contribution in [-0.4, -0.2) is 5.91 Å². The molecule has 0 atom stereocenters. The molecule has 1 aromatic heterocycles. The highest BCUT2D eigenvalue weighted by Gasteiger charge is 2.08. The van der Waals surface area contributed by atoms with E-state index >= 15 is 0 Å². The van der Waals surface area contributed by atoms with E-state index in [4.69, 9.17) is 4.42 Å². The first kappa shape index (κ1) is 14.1. The van der Waals surface area contributed by atoms with E-state index in [1.54, 1.807) is 12.1 Å². The van der Waals surface area contributed by atoms with E-state index in [2.05, 4.69) is 5.32 Å². The zero-order chi connectivity index (χ0) is 15.7. The molecule has 0 aliphatic rings. The third-order valence-electron chi connectivity index (χ3n) is 3.42. The second-order valence-electron chi connectivity index (χ2n) is 5.25. The average molecular weight is 293 g/mol. The van der Waals surface area contributed by atoms with Crippen molar-refractivity contribution in [1.82, 2.24) is 0 Å². The third kappa shape index (κ3) is 2.76. The summed E-state index contributed by atoms with van der Waals surface area (Å²) < 4.78 is 5.39. The van der Waals surface area contributed by atoms with Gasteiger partial charge >= 0.3 is 5.63 Å². The molecule has 0 unspecified atom stereocenters. The van der Waals surface area contributed by atoms with E-state index < -0.39 is 5.63 Å². The number of aryl methyl sites for hydroxylation is 1. The van der Waals surface area contributed by atoms with Crippen LogP contribution in [0.25, 0.3) is 22.1 Å². The number of benzene rings is 2. The number of hydrogen-bond acceptors (Lipinski definition) is 3. The fourth-order valence-electron chi connectivity index (χ4n) is 2.33. The van der Waals surface area contributed by atoms with Gasteiger partial charge in [0.05, 0.1) is 5.56 Å². The number of fused-ring (bicyclic) bond motifs is 1. The van der Waals surface area contributed by atoms with E-state index in [9.17, 15) is 9.59 Å². The molecular weight excluding hydrogens is 278 g/mol. The molecule has 0 fully saturated rings. The van der Waals surface area contributed by atoms with Gasteiger partial charge in [0.15, 0.2) is 0 Å². The van der Waals surface area contributed by atoms with Crippen LogP contribution in [0, 0.1) is 6.92 Å². The van der Waals surface area contributed by atoms with Crippen LogP contribution in [0.3, 0.4) is 0 Å². The molecule has 0 bridgehead atoms. The first-order valence-electron chi connectivity index (χ1n) is 6.95. The molecule has 0 aliphatic carbocycles. The van der Waals surface area contributed by atoms with Crippen LogP contribution in [0.15, 0.2) is 57.7 Å². The maximum Gasteiger partial charge on any atom is 0.344 e. The van der Waals surface area contributed by atoms with Crippen LogP contribution in [-0.2, 0) is 4.79 Å². The van der Waals surface area contributed by atoms with E-state index in [-0.39, 0.29) is 5.91 Å². The van der Waals surface area contributed by atoms with Crippen LogP contribution in [0.2, 0.25) is 0 Å². The zero-order valence-corrected chi connectivity index (χ0v) is 12.3. The van der Waals surface area contributed by atoms with Gasteiger partial charge in [0.25, 0.3) is 0 Å². The van der Waals surface area contributed by atoms with Crippen molar-refractivity contribution in [2.24, 2.45) is 0 Å². The molecule has 3 aromatic rings. The second-order valence-corrected chi connectivity index (χ2v) is 5.25. The van der Waals surface area contributed by atoms with Gasteiger partial charge in [0.2, 0.25) is 5.91 Å². The minimum absolute atomic E-state index is 0.169. The molecule has 1 N–H and O–H groups in total. The summed E-state index contributed by atoms with van der Waals surface area (Å²) in [6.45, 7) is 3.43. The summed E-state index contributed by atoms with van der Waals surface area (Å²) >= 11 is 0.